The maximum atomic E-state index is 3.74. The maximum absolute atomic E-state index is 3.74. The van der Waals surface area contributed by atoms with Gasteiger partial charge in [-0.3, -0.25) is 0 Å². The van der Waals surface area contributed by atoms with E-state index in [4.69, 9.17) is 0 Å². The van der Waals surface area contributed by atoms with Crippen LogP contribution in [0.3, 0.4) is 0 Å². The molecule has 0 aromatic carbocycles. The molecule has 1 atom stereocenters. The van der Waals surface area contributed by atoms with Crippen LogP contribution in [0.2, 0.25) is 0 Å². The lowest BCUT2D eigenvalue weighted by Crippen LogP contribution is -2.35. The summed E-state index contributed by atoms with van der Waals surface area (Å²) in [7, 11) is 0. The molecule has 1 N–H and O–H groups in total. The van der Waals surface area contributed by atoms with Crippen LogP contribution in [0.1, 0.15) is 56.9 Å². The number of rotatable bonds is 5. The highest BCUT2D eigenvalue weighted by Crippen LogP contribution is 2.52. The number of halogens is 1. The fraction of sp³-hybridized carbons (Fsp3) is 0.714. The molecule has 0 saturated heterocycles. The highest BCUT2D eigenvalue weighted by Gasteiger charge is 2.41. The largest absolute Gasteiger partial charge is 0.309 e. The lowest BCUT2D eigenvalue weighted by molar-refractivity contribution is 0.191. The summed E-state index contributed by atoms with van der Waals surface area (Å²) < 4.78 is 1.29. The number of thiophene rings is 1. The van der Waals surface area contributed by atoms with E-state index in [9.17, 15) is 0 Å². The van der Waals surface area contributed by atoms with E-state index < -0.39 is 0 Å². The molecule has 17 heavy (non-hydrogen) atoms. The van der Waals surface area contributed by atoms with Crippen LogP contribution < -0.4 is 5.32 Å². The van der Waals surface area contributed by atoms with Gasteiger partial charge in [0.2, 0.25) is 0 Å². The Morgan fingerprint density at radius 2 is 2.12 bits per heavy atom. The van der Waals surface area contributed by atoms with Gasteiger partial charge in [0.15, 0.2) is 0 Å². The van der Waals surface area contributed by atoms with Gasteiger partial charge >= 0.3 is 0 Å². The lowest BCUT2D eigenvalue weighted by Gasteiger charge is -2.37. The molecule has 2 rings (SSSR count). The van der Waals surface area contributed by atoms with Gasteiger partial charge in [0, 0.05) is 15.4 Å². The highest BCUT2D eigenvalue weighted by molar-refractivity contribution is 9.10. The third-order valence-corrected chi connectivity index (χ3v) is 6.17. The zero-order valence-corrected chi connectivity index (χ0v) is 13.2. The highest BCUT2D eigenvalue weighted by atomic mass is 79.9. The van der Waals surface area contributed by atoms with E-state index in [-0.39, 0.29) is 0 Å². The van der Waals surface area contributed by atoms with Gasteiger partial charge < -0.3 is 5.32 Å². The molecule has 1 aromatic rings. The van der Waals surface area contributed by atoms with Crippen LogP contribution in [0, 0.1) is 5.41 Å². The topological polar surface area (TPSA) is 12.0 Å². The first-order chi connectivity index (χ1) is 8.23. The summed E-state index contributed by atoms with van der Waals surface area (Å²) >= 11 is 5.60. The van der Waals surface area contributed by atoms with Crippen molar-refractivity contribution in [2.45, 2.75) is 52.0 Å². The Labute approximate surface area is 117 Å². The minimum atomic E-state index is 0.489. The number of nitrogens with one attached hydrogen (secondary N) is 1. The van der Waals surface area contributed by atoms with E-state index in [0.29, 0.717) is 11.5 Å². The number of hydrogen-bond acceptors (Lipinski definition) is 2. The Bertz CT molecular complexity index is 355. The minimum Gasteiger partial charge on any atom is -0.309 e. The van der Waals surface area contributed by atoms with Crippen LogP contribution in [0.15, 0.2) is 15.9 Å². The maximum Gasteiger partial charge on any atom is 0.0483 e. The van der Waals surface area contributed by atoms with Crippen molar-refractivity contribution in [1.82, 2.24) is 5.32 Å². The van der Waals surface area contributed by atoms with Crippen molar-refractivity contribution in [3.63, 3.8) is 0 Å². The molecular weight excluding hydrogens is 294 g/mol. The van der Waals surface area contributed by atoms with E-state index in [1.807, 2.05) is 11.3 Å². The van der Waals surface area contributed by atoms with E-state index in [2.05, 4.69) is 46.5 Å². The van der Waals surface area contributed by atoms with Crippen LogP contribution in [-0.2, 0) is 0 Å². The molecule has 0 aliphatic heterocycles. The molecule has 0 radical (unpaired) electrons. The predicted octanol–water partition coefficient (Wildman–Crippen LogP) is 5.13. The lowest BCUT2D eigenvalue weighted by atomic mass is 9.75. The summed E-state index contributed by atoms with van der Waals surface area (Å²) in [5.41, 5.74) is 0.489. The van der Waals surface area contributed by atoms with E-state index >= 15 is 0 Å². The molecule has 1 heterocycles. The Morgan fingerprint density at radius 3 is 2.59 bits per heavy atom. The summed E-state index contributed by atoms with van der Waals surface area (Å²) in [5, 5.41) is 5.94. The van der Waals surface area contributed by atoms with Crippen LogP contribution >= 0.6 is 27.3 Å². The fourth-order valence-electron chi connectivity index (χ4n) is 3.23. The van der Waals surface area contributed by atoms with Gasteiger partial charge in [0.1, 0.15) is 0 Å². The summed E-state index contributed by atoms with van der Waals surface area (Å²) in [5.74, 6) is 0. The molecule has 1 aliphatic rings. The summed E-state index contributed by atoms with van der Waals surface area (Å²) in [6.45, 7) is 5.63. The van der Waals surface area contributed by atoms with Crippen LogP contribution in [-0.4, -0.2) is 6.54 Å². The van der Waals surface area contributed by atoms with Crippen molar-refractivity contribution in [2.24, 2.45) is 5.41 Å². The molecule has 3 heteroatoms. The average molecular weight is 316 g/mol. The first-order valence-corrected chi connectivity index (χ1v) is 8.37. The van der Waals surface area contributed by atoms with E-state index in [1.165, 1.54) is 41.5 Å². The Morgan fingerprint density at radius 1 is 1.41 bits per heavy atom. The van der Waals surface area contributed by atoms with Gasteiger partial charge in [0.05, 0.1) is 0 Å². The van der Waals surface area contributed by atoms with Crippen molar-refractivity contribution in [3.05, 3.63) is 20.8 Å². The molecule has 96 valence electrons. The molecule has 0 spiro atoms. The van der Waals surface area contributed by atoms with Crippen molar-refractivity contribution in [3.8, 4) is 0 Å². The van der Waals surface area contributed by atoms with Gasteiger partial charge in [0.25, 0.3) is 0 Å². The summed E-state index contributed by atoms with van der Waals surface area (Å²) in [6.07, 6.45) is 6.85. The quantitative estimate of drug-likeness (QED) is 0.794. The average Bonchev–Trinajstić information content (AvgIpc) is 2.96. The van der Waals surface area contributed by atoms with Crippen LogP contribution in [0.4, 0.5) is 0 Å². The second kappa shape index (κ2) is 5.85. The van der Waals surface area contributed by atoms with Gasteiger partial charge in [-0.25, -0.2) is 0 Å². The monoisotopic (exact) mass is 315 g/mol. The van der Waals surface area contributed by atoms with Gasteiger partial charge in [-0.2, -0.15) is 0 Å². The molecule has 0 bridgehead atoms. The number of hydrogen-bond donors (Lipinski definition) is 1. The summed E-state index contributed by atoms with van der Waals surface area (Å²) in [6, 6.07) is 2.72. The fourth-order valence-corrected chi connectivity index (χ4v) is 5.05. The second-order valence-electron chi connectivity index (χ2n) is 5.05. The van der Waals surface area contributed by atoms with E-state index in [1.54, 1.807) is 0 Å². The van der Waals surface area contributed by atoms with Gasteiger partial charge in [-0.1, -0.05) is 26.7 Å². The SMILES string of the molecule is CCNC(c1sccc1Br)C1(CC)CCCC1. The smallest absolute Gasteiger partial charge is 0.0483 e. The summed E-state index contributed by atoms with van der Waals surface area (Å²) in [4.78, 5) is 1.50. The van der Waals surface area contributed by atoms with Gasteiger partial charge in [-0.05, 0) is 58.6 Å². The second-order valence-corrected chi connectivity index (χ2v) is 6.85. The van der Waals surface area contributed by atoms with Crippen LogP contribution in [0.25, 0.3) is 0 Å². The molecule has 1 aromatic heterocycles. The van der Waals surface area contributed by atoms with Crippen molar-refractivity contribution in [1.29, 1.82) is 0 Å². The van der Waals surface area contributed by atoms with Crippen molar-refractivity contribution < 1.29 is 0 Å². The zero-order valence-electron chi connectivity index (χ0n) is 10.8. The molecule has 1 saturated carbocycles. The zero-order chi connectivity index (χ0) is 12.3. The molecule has 1 unspecified atom stereocenters. The Hall–Kier alpha value is 0.140. The minimum absolute atomic E-state index is 0.489. The molecular formula is C14H22BrNS. The predicted molar refractivity (Wildman–Crippen MR) is 79.6 cm³/mol. The first kappa shape index (κ1) is 13.6. The first-order valence-electron chi connectivity index (χ1n) is 6.70. The Balaban J connectivity index is 2.31. The molecule has 1 fully saturated rings. The van der Waals surface area contributed by atoms with Crippen molar-refractivity contribution >= 4 is 27.3 Å². The van der Waals surface area contributed by atoms with E-state index in [0.717, 1.165) is 6.54 Å². The molecule has 1 aliphatic carbocycles. The third-order valence-electron chi connectivity index (χ3n) is 4.23. The van der Waals surface area contributed by atoms with Crippen molar-refractivity contribution in [2.75, 3.05) is 6.54 Å². The Kier molecular flexibility index (Phi) is 4.67. The van der Waals surface area contributed by atoms with Crippen LogP contribution in [0.5, 0.6) is 0 Å². The normalized spacial score (nSPS) is 20.6. The molecule has 1 nitrogen and oxygen atoms in total. The molecule has 0 amide bonds. The standard InChI is InChI=1S/C14H22BrNS/c1-3-14(8-5-6-9-14)13(16-4-2)12-11(15)7-10-17-12/h7,10,13,16H,3-6,8-9H2,1-2H3. The third kappa shape index (κ3) is 2.61. The van der Waals surface area contributed by atoms with Gasteiger partial charge in [-0.15, -0.1) is 11.3 Å².